The first-order valence-corrected chi connectivity index (χ1v) is 8.06. The molecule has 0 fully saturated rings. The van der Waals surface area contributed by atoms with Crippen molar-refractivity contribution < 1.29 is 24.2 Å². The maximum absolute atomic E-state index is 12.5. The third kappa shape index (κ3) is 3.91. The molecule has 0 radical (unpaired) electrons. The molecule has 2 aromatic carbocycles. The molecule has 1 aliphatic rings. The minimum absolute atomic E-state index is 0.283. The van der Waals surface area contributed by atoms with Gasteiger partial charge in [0.05, 0.1) is 11.5 Å². The van der Waals surface area contributed by atoms with Gasteiger partial charge in [-0.3, -0.25) is 9.59 Å². The van der Waals surface area contributed by atoms with Crippen molar-refractivity contribution >= 4 is 17.6 Å². The molecule has 0 aliphatic carbocycles. The van der Waals surface area contributed by atoms with Gasteiger partial charge >= 0.3 is 5.97 Å². The Morgan fingerprint density at radius 3 is 2.56 bits per heavy atom. The van der Waals surface area contributed by atoms with E-state index in [9.17, 15) is 9.59 Å². The molecule has 3 rings (SSSR count). The van der Waals surface area contributed by atoms with E-state index >= 15 is 0 Å². The summed E-state index contributed by atoms with van der Waals surface area (Å²) in [4.78, 5) is 23.4. The second-order valence-electron chi connectivity index (χ2n) is 5.92. The zero-order valence-electron chi connectivity index (χ0n) is 13.8. The van der Waals surface area contributed by atoms with Gasteiger partial charge in [-0.15, -0.1) is 0 Å². The number of nitrogens with one attached hydrogen (secondary N) is 1. The lowest BCUT2D eigenvalue weighted by Gasteiger charge is -2.20. The van der Waals surface area contributed by atoms with Crippen LogP contribution in [0.4, 0.5) is 5.69 Å². The van der Waals surface area contributed by atoms with Crippen LogP contribution in [-0.4, -0.2) is 30.2 Å². The summed E-state index contributed by atoms with van der Waals surface area (Å²) in [6, 6.07) is 12.3. The van der Waals surface area contributed by atoms with Crippen molar-refractivity contribution in [2.45, 2.75) is 13.3 Å². The first-order valence-electron chi connectivity index (χ1n) is 8.06. The lowest BCUT2D eigenvalue weighted by Crippen LogP contribution is -2.20. The van der Waals surface area contributed by atoms with Crippen LogP contribution >= 0.6 is 0 Å². The van der Waals surface area contributed by atoms with Gasteiger partial charge in [0.2, 0.25) is 0 Å². The first kappa shape index (κ1) is 16.8. The Balaban J connectivity index is 1.70. The minimum Gasteiger partial charge on any atom is -0.486 e. The Kier molecular flexibility index (Phi) is 4.88. The molecule has 6 nitrogen and oxygen atoms in total. The zero-order chi connectivity index (χ0) is 17.8. The van der Waals surface area contributed by atoms with E-state index in [0.29, 0.717) is 42.4 Å². The Hall–Kier alpha value is -3.02. The number of carbonyl (C=O) groups is 2. The highest BCUT2D eigenvalue weighted by Gasteiger charge is 2.20. The van der Waals surface area contributed by atoms with Crippen molar-refractivity contribution in [3.8, 4) is 11.5 Å². The zero-order valence-corrected chi connectivity index (χ0v) is 13.8. The number of anilines is 1. The first-order chi connectivity index (χ1) is 12.0. The molecule has 0 bridgehead atoms. The number of carboxylic acids is 1. The van der Waals surface area contributed by atoms with E-state index < -0.39 is 11.9 Å². The van der Waals surface area contributed by atoms with Crippen molar-refractivity contribution in [3.05, 3.63) is 53.6 Å². The van der Waals surface area contributed by atoms with Crippen molar-refractivity contribution in [1.82, 2.24) is 0 Å². The van der Waals surface area contributed by atoms with Crippen LogP contribution in [0.5, 0.6) is 11.5 Å². The molecule has 6 heteroatoms. The largest absolute Gasteiger partial charge is 0.486 e. The average Bonchev–Trinajstić information content (AvgIpc) is 2.62. The molecule has 0 saturated carbocycles. The van der Waals surface area contributed by atoms with Gasteiger partial charge in [-0.2, -0.15) is 0 Å². The Morgan fingerprint density at radius 1 is 1.12 bits per heavy atom. The number of hydrogen-bond donors (Lipinski definition) is 2. The quantitative estimate of drug-likeness (QED) is 0.873. The van der Waals surface area contributed by atoms with Crippen LogP contribution in [-0.2, 0) is 11.2 Å². The van der Waals surface area contributed by atoms with Gasteiger partial charge in [0.25, 0.3) is 5.91 Å². The number of ether oxygens (including phenoxy) is 2. The van der Waals surface area contributed by atoms with Gasteiger partial charge in [-0.25, -0.2) is 0 Å². The minimum atomic E-state index is -0.826. The smallest absolute Gasteiger partial charge is 0.306 e. The van der Waals surface area contributed by atoms with Crippen LogP contribution < -0.4 is 14.8 Å². The molecular formula is C19H19NO5. The van der Waals surface area contributed by atoms with E-state index in [2.05, 4.69) is 5.32 Å². The Morgan fingerprint density at radius 2 is 1.84 bits per heavy atom. The number of amides is 1. The Bertz CT molecular complexity index is 785. The monoisotopic (exact) mass is 341 g/mol. The number of fused-ring (bicyclic) bond motifs is 1. The summed E-state index contributed by atoms with van der Waals surface area (Å²) in [5, 5.41) is 11.8. The highest BCUT2D eigenvalue weighted by atomic mass is 16.6. The van der Waals surface area contributed by atoms with Gasteiger partial charge in [0.1, 0.15) is 13.2 Å². The molecule has 2 N–H and O–H groups in total. The van der Waals surface area contributed by atoms with Crippen LogP contribution in [0.2, 0.25) is 0 Å². The fourth-order valence-electron chi connectivity index (χ4n) is 2.62. The summed E-state index contributed by atoms with van der Waals surface area (Å²) < 4.78 is 11.0. The van der Waals surface area contributed by atoms with E-state index in [0.717, 1.165) is 5.56 Å². The number of rotatable bonds is 5. The van der Waals surface area contributed by atoms with Crippen LogP contribution in [0.1, 0.15) is 22.8 Å². The topological polar surface area (TPSA) is 84.9 Å². The SMILES string of the molecule is CC(Cc1ccc(NC(=O)c2cccc3c2OCCO3)cc1)C(=O)O. The van der Waals surface area contributed by atoms with Crippen molar-refractivity contribution in [2.75, 3.05) is 18.5 Å². The predicted molar refractivity (Wildman–Crippen MR) is 92.3 cm³/mol. The van der Waals surface area contributed by atoms with E-state index in [4.69, 9.17) is 14.6 Å². The molecule has 0 aromatic heterocycles. The third-order valence-electron chi connectivity index (χ3n) is 3.99. The normalized spacial score (nSPS) is 13.8. The molecule has 1 atom stereocenters. The van der Waals surface area contributed by atoms with E-state index in [1.165, 1.54) is 0 Å². The molecule has 0 spiro atoms. The summed E-state index contributed by atoms with van der Waals surface area (Å²) >= 11 is 0. The van der Waals surface area contributed by atoms with Gasteiger partial charge in [0, 0.05) is 5.69 Å². The van der Waals surface area contributed by atoms with Crippen LogP contribution in [0.25, 0.3) is 0 Å². The van der Waals surface area contributed by atoms with E-state index in [-0.39, 0.29) is 5.91 Å². The number of carboxylic acid groups (broad SMARTS) is 1. The average molecular weight is 341 g/mol. The van der Waals surface area contributed by atoms with Crippen LogP contribution in [0.3, 0.4) is 0 Å². The number of carbonyl (C=O) groups excluding carboxylic acids is 1. The van der Waals surface area contributed by atoms with Crippen molar-refractivity contribution in [2.24, 2.45) is 5.92 Å². The molecule has 130 valence electrons. The molecule has 25 heavy (non-hydrogen) atoms. The van der Waals surface area contributed by atoms with Gasteiger partial charge in [-0.1, -0.05) is 25.1 Å². The number of hydrogen-bond acceptors (Lipinski definition) is 4. The Labute approximate surface area is 145 Å². The van der Waals surface area contributed by atoms with Gasteiger partial charge in [-0.05, 0) is 36.2 Å². The standard InChI is InChI=1S/C19H19NO5/c1-12(19(22)23)11-13-5-7-14(8-6-13)20-18(21)15-3-2-4-16-17(15)25-10-9-24-16/h2-8,12H,9-11H2,1H3,(H,20,21)(H,22,23). The molecule has 1 amide bonds. The van der Waals surface area contributed by atoms with E-state index in [1.807, 2.05) is 12.1 Å². The third-order valence-corrected chi connectivity index (χ3v) is 3.99. The van der Waals surface area contributed by atoms with Crippen molar-refractivity contribution in [1.29, 1.82) is 0 Å². The highest BCUT2D eigenvalue weighted by molar-refractivity contribution is 6.06. The lowest BCUT2D eigenvalue weighted by molar-refractivity contribution is -0.141. The van der Waals surface area contributed by atoms with Crippen molar-refractivity contribution in [3.63, 3.8) is 0 Å². The molecule has 1 unspecified atom stereocenters. The second-order valence-corrected chi connectivity index (χ2v) is 5.92. The number of para-hydroxylation sites is 1. The summed E-state index contributed by atoms with van der Waals surface area (Å²) in [5.74, 6) is -0.536. The summed E-state index contributed by atoms with van der Waals surface area (Å²) in [7, 11) is 0. The summed E-state index contributed by atoms with van der Waals surface area (Å²) in [6.45, 7) is 2.54. The summed E-state index contributed by atoms with van der Waals surface area (Å²) in [5.41, 5.74) is 1.95. The molecule has 1 heterocycles. The van der Waals surface area contributed by atoms with Gasteiger partial charge in [0.15, 0.2) is 11.5 Å². The van der Waals surface area contributed by atoms with E-state index in [1.54, 1.807) is 37.3 Å². The fourth-order valence-corrected chi connectivity index (χ4v) is 2.62. The molecular weight excluding hydrogens is 322 g/mol. The maximum atomic E-state index is 12.5. The number of aliphatic carboxylic acids is 1. The highest BCUT2D eigenvalue weighted by Crippen LogP contribution is 2.34. The van der Waals surface area contributed by atoms with Gasteiger partial charge < -0.3 is 19.9 Å². The molecule has 1 aliphatic heterocycles. The molecule has 2 aromatic rings. The second kappa shape index (κ2) is 7.25. The molecule has 0 saturated heterocycles. The fraction of sp³-hybridized carbons (Fsp3) is 0.263. The lowest BCUT2D eigenvalue weighted by atomic mass is 10.0. The summed E-state index contributed by atoms with van der Waals surface area (Å²) in [6.07, 6.45) is 0.445. The van der Waals surface area contributed by atoms with Crippen LogP contribution in [0, 0.1) is 5.92 Å². The predicted octanol–water partition coefficient (Wildman–Crippen LogP) is 2.97. The maximum Gasteiger partial charge on any atom is 0.306 e. The number of benzene rings is 2. The van der Waals surface area contributed by atoms with Crippen LogP contribution in [0.15, 0.2) is 42.5 Å².